The Hall–Kier alpha value is -3.22. The third kappa shape index (κ3) is 4.20. The summed E-state index contributed by atoms with van der Waals surface area (Å²) in [6, 6.07) is 15.0. The predicted molar refractivity (Wildman–Crippen MR) is 97.1 cm³/mol. The van der Waals surface area contributed by atoms with Crippen LogP contribution in [0.3, 0.4) is 0 Å². The predicted octanol–water partition coefficient (Wildman–Crippen LogP) is 2.58. The molecule has 130 valence electrons. The molecule has 7 nitrogen and oxygen atoms in total. The van der Waals surface area contributed by atoms with Gasteiger partial charge in [0, 0.05) is 11.4 Å². The summed E-state index contributed by atoms with van der Waals surface area (Å²) in [5.41, 5.74) is 8.56. The molecule has 25 heavy (non-hydrogen) atoms. The van der Waals surface area contributed by atoms with Gasteiger partial charge in [0.2, 0.25) is 0 Å². The van der Waals surface area contributed by atoms with Crippen LogP contribution >= 0.6 is 0 Å². The highest BCUT2D eigenvalue weighted by Crippen LogP contribution is 2.19. The molecule has 0 aliphatic carbocycles. The first-order valence-corrected chi connectivity index (χ1v) is 7.90. The number of ether oxygens (including phenoxy) is 2. The maximum Gasteiger partial charge on any atom is 0.414 e. The van der Waals surface area contributed by atoms with Gasteiger partial charge in [-0.25, -0.2) is 9.79 Å². The number of aliphatic imine (C=N–C) groups is 1. The van der Waals surface area contributed by atoms with Crippen molar-refractivity contribution < 1.29 is 14.3 Å². The topological polar surface area (TPSA) is 89.2 Å². The number of hydrogen-bond acceptors (Lipinski definition) is 4. The number of carbonyl (C=O) groups is 1. The van der Waals surface area contributed by atoms with Crippen molar-refractivity contribution in [3.05, 3.63) is 54.1 Å². The van der Waals surface area contributed by atoms with E-state index < -0.39 is 0 Å². The maximum absolute atomic E-state index is 11.5. The summed E-state index contributed by atoms with van der Waals surface area (Å²) in [7, 11) is 1.62. The minimum atomic E-state index is -0.307. The first kappa shape index (κ1) is 16.6. The highest BCUT2D eigenvalue weighted by Gasteiger charge is 2.23. The number of carbonyl (C=O) groups excluding carboxylic acids is 1. The normalized spacial score (nSPS) is 14.4. The summed E-state index contributed by atoms with van der Waals surface area (Å²) in [5.74, 6) is 1.11. The second-order valence-corrected chi connectivity index (χ2v) is 5.49. The Morgan fingerprint density at radius 2 is 1.96 bits per heavy atom. The van der Waals surface area contributed by atoms with Crippen LogP contribution in [0.25, 0.3) is 0 Å². The fraction of sp³-hybridized carbons (Fsp3) is 0.222. The molecule has 1 fully saturated rings. The van der Waals surface area contributed by atoms with E-state index in [0.717, 1.165) is 22.7 Å². The van der Waals surface area contributed by atoms with Crippen molar-refractivity contribution in [3.63, 3.8) is 0 Å². The van der Waals surface area contributed by atoms with E-state index in [9.17, 15) is 4.79 Å². The van der Waals surface area contributed by atoms with Crippen LogP contribution in [0.4, 0.5) is 16.2 Å². The van der Waals surface area contributed by atoms with Crippen LogP contribution < -0.4 is 20.7 Å². The van der Waals surface area contributed by atoms with Gasteiger partial charge in [-0.3, -0.25) is 4.90 Å². The largest absolute Gasteiger partial charge is 0.497 e. The van der Waals surface area contributed by atoms with Crippen LogP contribution in [0.2, 0.25) is 0 Å². The van der Waals surface area contributed by atoms with E-state index in [1.165, 1.54) is 0 Å². The Morgan fingerprint density at radius 1 is 1.24 bits per heavy atom. The lowest BCUT2D eigenvalue weighted by atomic mass is 10.2. The lowest BCUT2D eigenvalue weighted by Gasteiger charge is -2.12. The van der Waals surface area contributed by atoms with Gasteiger partial charge in [-0.1, -0.05) is 12.1 Å². The number of hydrogen-bond donors (Lipinski definition) is 2. The molecule has 0 aromatic heterocycles. The Morgan fingerprint density at radius 3 is 2.56 bits per heavy atom. The lowest BCUT2D eigenvalue weighted by Crippen LogP contribution is -2.23. The molecule has 0 radical (unpaired) electrons. The molecule has 2 aromatic carbocycles. The summed E-state index contributed by atoms with van der Waals surface area (Å²) >= 11 is 0. The number of benzene rings is 2. The van der Waals surface area contributed by atoms with Gasteiger partial charge in [-0.05, 0) is 42.0 Å². The molecule has 0 saturated carbocycles. The van der Waals surface area contributed by atoms with Gasteiger partial charge in [-0.2, -0.15) is 0 Å². The van der Waals surface area contributed by atoms with Crippen molar-refractivity contribution in [2.75, 3.05) is 30.5 Å². The smallest absolute Gasteiger partial charge is 0.414 e. The first-order chi connectivity index (χ1) is 12.2. The summed E-state index contributed by atoms with van der Waals surface area (Å²) < 4.78 is 10.0. The maximum atomic E-state index is 11.5. The average molecular weight is 340 g/mol. The molecule has 1 aliphatic rings. The lowest BCUT2D eigenvalue weighted by molar-refractivity contribution is 0.181. The van der Waals surface area contributed by atoms with E-state index in [1.807, 2.05) is 48.5 Å². The second kappa shape index (κ2) is 7.57. The van der Waals surface area contributed by atoms with E-state index in [2.05, 4.69) is 10.3 Å². The van der Waals surface area contributed by atoms with Crippen LogP contribution in [-0.2, 0) is 11.3 Å². The number of nitrogens with zero attached hydrogens (tertiary/aromatic N) is 2. The Kier molecular flexibility index (Phi) is 5.03. The number of anilines is 2. The highest BCUT2D eigenvalue weighted by molar-refractivity contribution is 5.92. The van der Waals surface area contributed by atoms with Gasteiger partial charge in [0.05, 0.1) is 20.2 Å². The fourth-order valence-electron chi connectivity index (χ4n) is 2.45. The third-order valence-corrected chi connectivity index (χ3v) is 3.80. The quantitative estimate of drug-likeness (QED) is 0.645. The number of amides is 1. The third-order valence-electron chi connectivity index (χ3n) is 3.80. The standard InChI is InChI=1S/C18H20N4O3/c1-24-16-8-4-14(5-9-16)21-17(19)20-12-13-2-6-15(7-3-13)22-10-11-25-18(22)23/h2-9H,10-12H2,1H3,(H3,19,20,21). The molecule has 0 unspecified atom stereocenters. The minimum Gasteiger partial charge on any atom is -0.497 e. The molecule has 0 spiro atoms. The number of methoxy groups -OCH3 is 1. The van der Waals surface area contributed by atoms with Crippen LogP contribution in [0, 0.1) is 0 Å². The Labute approximate surface area is 146 Å². The van der Waals surface area contributed by atoms with E-state index >= 15 is 0 Å². The number of guanidine groups is 1. The van der Waals surface area contributed by atoms with Crippen LogP contribution in [0.15, 0.2) is 53.5 Å². The second-order valence-electron chi connectivity index (χ2n) is 5.49. The Bertz CT molecular complexity index is 757. The van der Waals surface area contributed by atoms with Crippen LogP contribution in [-0.4, -0.2) is 32.3 Å². The first-order valence-electron chi connectivity index (χ1n) is 7.90. The van der Waals surface area contributed by atoms with Crippen molar-refractivity contribution in [2.45, 2.75) is 6.54 Å². The van der Waals surface area contributed by atoms with Crippen LogP contribution in [0.1, 0.15) is 5.56 Å². The highest BCUT2D eigenvalue weighted by atomic mass is 16.6. The molecule has 1 amide bonds. The zero-order valence-electron chi connectivity index (χ0n) is 13.9. The molecule has 1 saturated heterocycles. The molecule has 2 aromatic rings. The molecule has 1 aliphatic heterocycles. The molecule has 0 bridgehead atoms. The van der Waals surface area contributed by atoms with E-state index in [4.69, 9.17) is 15.2 Å². The average Bonchev–Trinajstić information content (AvgIpc) is 3.07. The van der Waals surface area contributed by atoms with Gasteiger partial charge in [0.15, 0.2) is 5.96 Å². The molecule has 7 heteroatoms. The summed E-state index contributed by atoms with van der Waals surface area (Å²) in [6.07, 6.45) is -0.307. The van der Waals surface area contributed by atoms with Gasteiger partial charge in [0.25, 0.3) is 0 Å². The van der Waals surface area contributed by atoms with Crippen molar-refractivity contribution in [1.29, 1.82) is 0 Å². The van der Waals surface area contributed by atoms with Crippen molar-refractivity contribution >= 4 is 23.4 Å². The molecular formula is C18H20N4O3. The summed E-state index contributed by atoms with van der Waals surface area (Å²) in [6.45, 7) is 1.45. The van der Waals surface area contributed by atoms with Crippen LogP contribution in [0.5, 0.6) is 5.75 Å². The fourth-order valence-corrected chi connectivity index (χ4v) is 2.45. The Balaban J connectivity index is 1.57. The van der Waals surface area contributed by atoms with Gasteiger partial charge < -0.3 is 20.5 Å². The zero-order chi connectivity index (χ0) is 17.6. The van der Waals surface area contributed by atoms with Gasteiger partial charge in [0.1, 0.15) is 12.4 Å². The van der Waals surface area contributed by atoms with E-state index in [-0.39, 0.29) is 6.09 Å². The number of nitrogens with two attached hydrogens (primary N) is 1. The molecule has 3 N–H and O–H groups in total. The molecule has 1 heterocycles. The van der Waals surface area contributed by atoms with E-state index in [0.29, 0.717) is 25.7 Å². The zero-order valence-corrected chi connectivity index (χ0v) is 13.9. The van der Waals surface area contributed by atoms with Crippen molar-refractivity contribution in [3.8, 4) is 5.75 Å². The molecule has 0 atom stereocenters. The van der Waals surface area contributed by atoms with Crippen molar-refractivity contribution in [1.82, 2.24) is 0 Å². The monoisotopic (exact) mass is 340 g/mol. The van der Waals surface area contributed by atoms with Gasteiger partial charge >= 0.3 is 6.09 Å². The number of nitrogens with one attached hydrogen (secondary N) is 1. The van der Waals surface area contributed by atoms with Crippen molar-refractivity contribution in [2.24, 2.45) is 10.7 Å². The number of cyclic esters (lactones) is 1. The molecule has 3 rings (SSSR count). The summed E-state index contributed by atoms with van der Waals surface area (Å²) in [5, 5.41) is 3.03. The SMILES string of the molecule is COc1ccc(NC(N)=NCc2ccc(N3CCOC3=O)cc2)cc1. The van der Waals surface area contributed by atoms with E-state index in [1.54, 1.807) is 12.0 Å². The van der Waals surface area contributed by atoms with Gasteiger partial charge in [-0.15, -0.1) is 0 Å². The number of rotatable bonds is 5. The molecular weight excluding hydrogens is 320 g/mol. The minimum absolute atomic E-state index is 0.307. The summed E-state index contributed by atoms with van der Waals surface area (Å²) in [4.78, 5) is 17.5.